The molecular formula is C22H21N5O. The Morgan fingerprint density at radius 2 is 1.75 bits per heavy atom. The fourth-order valence-electron chi connectivity index (χ4n) is 4.03. The van der Waals surface area contributed by atoms with E-state index in [-0.39, 0.29) is 5.91 Å². The Morgan fingerprint density at radius 1 is 1.00 bits per heavy atom. The van der Waals surface area contributed by atoms with E-state index in [0.29, 0.717) is 11.6 Å². The summed E-state index contributed by atoms with van der Waals surface area (Å²) in [7, 11) is 0. The first-order valence-electron chi connectivity index (χ1n) is 9.62. The highest BCUT2D eigenvalue weighted by Crippen LogP contribution is 2.33. The van der Waals surface area contributed by atoms with Crippen LogP contribution in [0.1, 0.15) is 34.8 Å². The van der Waals surface area contributed by atoms with Crippen molar-refractivity contribution < 1.29 is 4.79 Å². The van der Waals surface area contributed by atoms with E-state index in [2.05, 4.69) is 39.6 Å². The van der Waals surface area contributed by atoms with Gasteiger partial charge in [0.1, 0.15) is 0 Å². The number of fused-ring (bicyclic) bond motifs is 1. The van der Waals surface area contributed by atoms with E-state index in [1.807, 2.05) is 41.3 Å². The van der Waals surface area contributed by atoms with Crippen molar-refractivity contribution in [3.05, 3.63) is 78.2 Å². The van der Waals surface area contributed by atoms with Crippen LogP contribution < -0.4 is 0 Å². The molecule has 3 heterocycles. The fraction of sp³-hybridized carbons (Fsp3) is 0.227. The minimum atomic E-state index is -0.0421. The van der Waals surface area contributed by atoms with Gasteiger partial charge in [0, 0.05) is 30.2 Å². The number of aromatic nitrogens is 4. The summed E-state index contributed by atoms with van der Waals surface area (Å²) in [6.07, 6.45) is 5.60. The van der Waals surface area contributed by atoms with Crippen LogP contribution >= 0.6 is 0 Å². The molecule has 140 valence electrons. The molecule has 5 rings (SSSR count). The van der Waals surface area contributed by atoms with Crippen molar-refractivity contribution in [3.8, 4) is 5.69 Å². The maximum absolute atomic E-state index is 12.9. The number of piperidine rings is 1. The third-order valence-electron chi connectivity index (χ3n) is 5.54. The molecule has 2 aromatic heterocycles. The summed E-state index contributed by atoms with van der Waals surface area (Å²) in [5.74, 6) is 0.430. The molecule has 1 fully saturated rings. The Kier molecular flexibility index (Phi) is 4.16. The number of likely N-dealkylation sites (tertiary alicyclic amines) is 1. The molecule has 0 spiro atoms. The number of hydrogen-bond acceptors (Lipinski definition) is 3. The van der Waals surface area contributed by atoms with Crippen LogP contribution in [0.2, 0.25) is 0 Å². The quantitative estimate of drug-likeness (QED) is 0.596. The van der Waals surface area contributed by atoms with Crippen LogP contribution in [0.5, 0.6) is 0 Å². The van der Waals surface area contributed by atoms with Crippen molar-refractivity contribution in [1.29, 1.82) is 0 Å². The largest absolute Gasteiger partial charge is 0.361 e. The second-order valence-corrected chi connectivity index (χ2v) is 7.21. The summed E-state index contributed by atoms with van der Waals surface area (Å²) in [5, 5.41) is 9.91. The van der Waals surface area contributed by atoms with Gasteiger partial charge in [-0.25, -0.2) is 0 Å². The molecule has 1 amide bonds. The van der Waals surface area contributed by atoms with Gasteiger partial charge >= 0.3 is 0 Å². The second kappa shape index (κ2) is 6.96. The highest BCUT2D eigenvalue weighted by molar-refractivity contribution is 5.92. The Labute approximate surface area is 162 Å². The first-order chi connectivity index (χ1) is 13.8. The lowest BCUT2D eigenvalue weighted by atomic mass is 9.89. The lowest BCUT2D eigenvalue weighted by Crippen LogP contribution is -2.38. The Morgan fingerprint density at radius 3 is 2.57 bits per heavy atom. The minimum Gasteiger partial charge on any atom is -0.361 e. The van der Waals surface area contributed by atoms with Crippen molar-refractivity contribution in [2.24, 2.45) is 0 Å². The van der Waals surface area contributed by atoms with Crippen LogP contribution in [0, 0.1) is 0 Å². The molecule has 1 aliphatic heterocycles. The van der Waals surface area contributed by atoms with Gasteiger partial charge in [0.05, 0.1) is 11.9 Å². The minimum absolute atomic E-state index is 0.0421. The van der Waals surface area contributed by atoms with Gasteiger partial charge in [0.2, 0.25) is 0 Å². The van der Waals surface area contributed by atoms with E-state index < -0.39 is 0 Å². The molecule has 2 aromatic carbocycles. The van der Waals surface area contributed by atoms with Crippen molar-refractivity contribution in [2.45, 2.75) is 18.8 Å². The number of carbonyl (C=O) groups is 1. The summed E-state index contributed by atoms with van der Waals surface area (Å²) >= 11 is 0. The van der Waals surface area contributed by atoms with Crippen molar-refractivity contribution in [3.63, 3.8) is 0 Å². The molecule has 28 heavy (non-hydrogen) atoms. The normalized spacial score (nSPS) is 15.2. The summed E-state index contributed by atoms with van der Waals surface area (Å²) < 4.78 is 0. The molecular weight excluding hydrogens is 350 g/mol. The molecule has 6 heteroatoms. The second-order valence-electron chi connectivity index (χ2n) is 7.21. The first kappa shape index (κ1) is 16.7. The van der Waals surface area contributed by atoms with Gasteiger partial charge in [-0.15, -0.1) is 5.10 Å². The van der Waals surface area contributed by atoms with Crippen molar-refractivity contribution in [2.75, 3.05) is 13.1 Å². The van der Waals surface area contributed by atoms with E-state index in [1.54, 1.807) is 6.20 Å². The smallest absolute Gasteiger partial charge is 0.276 e. The van der Waals surface area contributed by atoms with Crippen LogP contribution in [0.25, 0.3) is 16.6 Å². The zero-order chi connectivity index (χ0) is 18.9. The number of para-hydroxylation sites is 2. The Bertz CT molecular complexity index is 1110. The highest BCUT2D eigenvalue weighted by atomic mass is 16.2. The third-order valence-corrected chi connectivity index (χ3v) is 5.54. The summed E-state index contributed by atoms with van der Waals surface area (Å²) in [6.45, 7) is 1.47. The predicted molar refractivity (Wildman–Crippen MR) is 108 cm³/mol. The average Bonchev–Trinajstić information content (AvgIpc) is 3.42. The summed E-state index contributed by atoms with van der Waals surface area (Å²) in [6, 6.07) is 18.0. The van der Waals surface area contributed by atoms with E-state index >= 15 is 0 Å². The fourth-order valence-corrected chi connectivity index (χ4v) is 4.03. The molecule has 0 unspecified atom stereocenters. The third kappa shape index (κ3) is 2.97. The molecule has 0 radical (unpaired) electrons. The number of benzene rings is 2. The number of nitrogens with zero attached hydrogens (tertiary/aromatic N) is 4. The average molecular weight is 371 g/mol. The number of carbonyl (C=O) groups excluding carboxylic acids is 1. The standard InChI is InChI=1S/C22H21N5O/c28-22(21-15-24-27(25-21)17-6-2-1-3-7-17)26-12-10-16(11-13-26)19-14-23-20-9-5-4-8-18(19)20/h1-9,14-16,23H,10-13H2. The summed E-state index contributed by atoms with van der Waals surface area (Å²) in [4.78, 5) is 19.6. The lowest BCUT2D eigenvalue weighted by Gasteiger charge is -2.31. The SMILES string of the molecule is O=C(c1cnn(-c2ccccc2)n1)N1CCC(c2c[nH]c3ccccc23)CC1. The molecule has 0 atom stereocenters. The molecule has 6 nitrogen and oxygen atoms in total. The van der Waals surface area contributed by atoms with Gasteiger partial charge in [0.25, 0.3) is 5.91 Å². The molecule has 4 aromatic rings. The Balaban J connectivity index is 1.28. The van der Waals surface area contributed by atoms with Gasteiger partial charge in [0.15, 0.2) is 5.69 Å². The maximum atomic E-state index is 12.9. The maximum Gasteiger partial charge on any atom is 0.276 e. The van der Waals surface area contributed by atoms with Gasteiger partial charge in [-0.05, 0) is 42.5 Å². The monoisotopic (exact) mass is 371 g/mol. The summed E-state index contributed by atoms with van der Waals surface area (Å²) in [5.41, 5.74) is 3.78. The van der Waals surface area contributed by atoms with Crippen LogP contribution in [0.4, 0.5) is 0 Å². The zero-order valence-electron chi connectivity index (χ0n) is 15.5. The number of H-pyrrole nitrogens is 1. The Hall–Kier alpha value is -3.41. The van der Waals surface area contributed by atoms with Crippen LogP contribution in [0.3, 0.4) is 0 Å². The lowest BCUT2D eigenvalue weighted by molar-refractivity contribution is 0.0707. The number of aromatic amines is 1. The van der Waals surface area contributed by atoms with Gasteiger partial charge in [-0.2, -0.15) is 9.90 Å². The predicted octanol–water partition coefficient (Wildman–Crippen LogP) is 3.77. The topological polar surface area (TPSA) is 66.8 Å². The van der Waals surface area contributed by atoms with E-state index in [0.717, 1.165) is 31.6 Å². The van der Waals surface area contributed by atoms with E-state index in [4.69, 9.17) is 0 Å². The van der Waals surface area contributed by atoms with E-state index in [1.165, 1.54) is 21.3 Å². The number of rotatable bonds is 3. The van der Waals surface area contributed by atoms with Crippen molar-refractivity contribution >= 4 is 16.8 Å². The zero-order valence-corrected chi connectivity index (χ0v) is 15.5. The molecule has 0 bridgehead atoms. The molecule has 0 saturated carbocycles. The van der Waals surface area contributed by atoms with Gasteiger partial charge < -0.3 is 9.88 Å². The molecule has 0 aliphatic carbocycles. The van der Waals surface area contributed by atoms with Crippen LogP contribution in [0.15, 0.2) is 67.0 Å². The first-order valence-corrected chi connectivity index (χ1v) is 9.62. The number of nitrogens with one attached hydrogen (secondary N) is 1. The number of amides is 1. The van der Waals surface area contributed by atoms with E-state index in [9.17, 15) is 4.79 Å². The number of hydrogen-bond donors (Lipinski definition) is 1. The molecule has 1 saturated heterocycles. The van der Waals surface area contributed by atoms with Crippen LogP contribution in [-0.2, 0) is 0 Å². The highest BCUT2D eigenvalue weighted by Gasteiger charge is 2.27. The van der Waals surface area contributed by atoms with Gasteiger partial charge in [-0.1, -0.05) is 36.4 Å². The van der Waals surface area contributed by atoms with Crippen molar-refractivity contribution in [1.82, 2.24) is 24.9 Å². The molecule has 1 N–H and O–H groups in total. The molecule has 1 aliphatic rings. The van der Waals surface area contributed by atoms with Gasteiger partial charge in [-0.3, -0.25) is 4.79 Å². The van der Waals surface area contributed by atoms with Crippen LogP contribution in [-0.4, -0.2) is 43.9 Å².